The summed E-state index contributed by atoms with van der Waals surface area (Å²) in [7, 11) is 0. The van der Waals surface area contributed by atoms with Gasteiger partial charge in [0.1, 0.15) is 6.04 Å². The van der Waals surface area contributed by atoms with E-state index in [9.17, 15) is 22.8 Å². The summed E-state index contributed by atoms with van der Waals surface area (Å²) in [4.78, 5) is 27.1. The molecule has 0 radical (unpaired) electrons. The number of benzene rings is 1. The Bertz CT molecular complexity index is 660. The second-order valence-electron chi connectivity index (χ2n) is 5.98. The minimum atomic E-state index is -4.71. The predicted molar refractivity (Wildman–Crippen MR) is 84.3 cm³/mol. The summed E-state index contributed by atoms with van der Waals surface area (Å²) in [6.07, 6.45) is -5.54. The summed E-state index contributed by atoms with van der Waals surface area (Å²) in [6.45, 7) is 1.68. The molecule has 1 atom stereocenters. The van der Waals surface area contributed by atoms with Gasteiger partial charge in [-0.05, 0) is 12.1 Å². The molecule has 2 aliphatic rings. The van der Waals surface area contributed by atoms with E-state index in [-0.39, 0.29) is 17.9 Å². The summed E-state index contributed by atoms with van der Waals surface area (Å²) < 4.78 is 45.9. The van der Waals surface area contributed by atoms with Crippen LogP contribution in [0, 0.1) is 0 Å². The van der Waals surface area contributed by atoms with Crippen LogP contribution in [0.25, 0.3) is 0 Å². The van der Waals surface area contributed by atoms with Gasteiger partial charge in [-0.2, -0.15) is 13.2 Å². The molecule has 0 aliphatic carbocycles. The van der Waals surface area contributed by atoms with Gasteiger partial charge in [-0.1, -0.05) is 12.1 Å². The molecule has 136 valence electrons. The van der Waals surface area contributed by atoms with E-state index < -0.39 is 30.5 Å². The predicted octanol–water partition coefficient (Wildman–Crippen LogP) is 1.62. The van der Waals surface area contributed by atoms with Gasteiger partial charge in [0.05, 0.1) is 37.6 Å². The lowest BCUT2D eigenvalue weighted by Crippen LogP contribution is -2.53. The third kappa shape index (κ3) is 3.93. The van der Waals surface area contributed by atoms with E-state index in [1.165, 1.54) is 12.1 Å². The van der Waals surface area contributed by atoms with Crippen molar-refractivity contribution in [2.45, 2.75) is 18.6 Å². The summed E-state index contributed by atoms with van der Waals surface area (Å²) in [5, 5.41) is 2.45. The topological polar surface area (TPSA) is 61.9 Å². The fraction of sp³-hybridized carbons (Fsp3) is 0.500. The highest BCUT2D eigenvalue weighted by Gasteiger charge is 2.49. The number of hydrogen-bond acceptors (Lipinski definition) is 4. The smallest absolute Gasteiger partial charge is 0.379 e. The molecule has 2 heterocycles. The molecule has 0 unspecified atom stereocenters. The number of fused-ring (bicyclic) bond motifs is 1. The zero-order valence-corrected chi connectivity index (χ0v) is 13.4. The van der Waals surface area contributed by atoms with Gasteiger partial charge in [-0.3, -0.25) is 19.4 Å². The number of halogens is 3. The molecule has 0 aromatic heterocycles. The average molecular weight is 357 g/mol. The highest BCUT2D eigenvalue weighted by Crippen LogP contribution is 2.37. The summed E-state index contributed by atoms with van der Waals surface area (Å²) in [5.74, 6) is -1.45. The monoisotopic (exact) mass is 357 g/mol. The molecule has 1 N–H and O–H groups in total. The number of rotatable bonds is 2. The van der Waals surface area contributed by atoms with Crippen LogP contribution in [0.5, 0.6) is 0 Å². The van der Waals surface area contributed by atoms with E-state index in [0.29, 0.717) is 31.2 Å². The van der Waals surface area contributed by atoms with Gasteiger partial charge in [0, 0.05) is 13.1 Å². The van der Waals surface area contributed by atoms with Crippen LogP contribution in [0.3, 0.4) is 0 Å². The van der Waals surface area contributed by atoms with Crippen molar-refractivity contribution in [3.8, 4) is 0 Å². The molecule has 25 heavy (non-hydrogen) atoms. The van der Waals surface area contributed by atoms with Gasteiger partial charge in [0.2, 0.25) is 11.8 Å². The second-order valence-corrected chi connectivity index (χ2v) is 5.98. The minimum Gasteiger partial charge on any atom is -0.379 e. The van der Waals surface area contributed by atoms with Crippen molar-refractivity contribution in [1.29, 1.82) is 0 Å². The van der Waals surface area contributed by atoms with Crippen molar-refractivity contribution in [2.24, 2.45) is 0 Å². The first-order valence-corrected chi connectivity index (χ1v) is 7.94. The van der Waals surface area contributed by atoms with Crippen LogP contribution in [0.1, 0.15) is 6.42 Å². The van der Waals surface area contributed by atoms with Crippen LogP contribution in [0.15, 0.2) is 24.3 Å². The molecule has 6 nitrogen and oxygen atoms in total. The number of alkyl halides is 3. The number of carbonyl (C=O) groups is 2. The number of ether oxygens (including phenoxy) is 1. The van der Waals surface area contributed by atoms with Gasteiger partial charge in [0.15, 0.2) is 0 Å². The molecule has 0 bridgehead atoms. The third-order valence-corrected chi connectivity index (χ3v) is 4.24. The van der Waals surface area contributed by atoms with E-state index in [2.05, 4.69) is 5.32 Å². The lowest BCUT2D eigenvalue weighted by molar-refractivity contribution is -0.158. The maximum atomic E-state index is 13.6. The van der Waals surface area contributed by atoms with E-state index in [1.54, 1.807) is 17.0 Å². The highest BCUT2D eigenvalue weighted by molar-refractivity contribution is 6.05. The summed E-state index contributed by atoms with van der Waals surface area (Å²) in [5.41, 5.74) is 0.267. The first-order valence-electron chi connectivity index (χ1n) is 7.94. The lowest BCUT2D eigenvalue weighted by Gasteiger charge is -2.34. The van der Waals surface area contributed by atoms with Gasteiger partial charge >= 0.3 is 6.18 Å². The van der Waals surface area contributed by atoms with Crippen molar-refractivity contribution >= 4 is 23.2 Å². The molecule has 1 aromatic rings. The van der Waals surface area contributed by atoms with Crippen LogP contribution in [-0.4, -0.2) is 61.8 Å². The zero-order chi connectivity index (χ0) is 18.0. The normalized spacial score (nSPS) is 22.1. The maximum Gasteiger partial charge on any atom is 0.409 e. The number of carbonyl (C=O) groups excluding carboxylic acids is 2. The first-order chi connectivity index (χ1) is 11.9. The number of nitrogens with zero attached hydrogens (tertiary/aromatic N) is 2. The number of nitrogens with one attached hydrogen (secondary N) is 1. The Morgan fingerprint density at radius 2 is 1.92 bits per heavy atom. The minimum absolute atomic E-state index is 0.0638. The molecule has 3 rings (SSSR count). The van der Waals surface area contributed by atoms with E-state index in [0.717, 1.165) is 0 Å². The number of morpholine rings is 1. The number of anilines is 2. The fourth-order valence-corrected chi connectivity index (χ4v) is 3.02. The Balaban J connectivity index is 1.95. The van der Waals surface area contributed by atoms with E-state index in [1.807, 2.05) is 0 Å². The van der Waals surface area contributed by atoms with Crippen LogP contribution >= 0.6 is 0 Å². The molecular formula is C16H18F3N3O3. The Hall–Kier alpha value is -2.13. The van der Waals surface area contributed by atoms with E-state index in [4.69, 9.17) is 4.74 Å². The molecule has 0 saturated carbocycles. The number of amides is 2. The Morgan fingerprint density at radius 1 is 1.24 bits per heavy atom. The molecular weight excluding hydrogens is 339 g/mol. The van der Waals surface area contributed by atoms with E-state index >= 15 is 0 Å². The molecule has 0 spiro atoms. The van der Waals surface area contributed by atoms with Crippen LogP contribution in [0.2, 0.25) is 0 Å². The van der Waals surface area contributed by atoms with Crippen molar-refractivity contribution in [3.05, 3.63) is 24.3 Å². The van der Waals surface area contributed by atoms with Gasteiger partial charge in [-0.25, -0.2) is 0 Å². The SMILES string of the molecule is O=C1C[C@H](C(F)(F)F)N(C(=O)CN2CCOCC2)c2ccccc2N1. The van der Waals surface area contributed by atoms with Crippen molar-refractivity contribution in [1.82, 2.24) is 4.90 Å². The van der Waals surface area contributed by atoms with Crippen molar-refractivity contribution in [3.63, 3.8) is 0 Å². The number of hydrogen-bond donors (Lipinski definition) is 1. The van der Waals surface area contributed by atoms with Gasteiger partial charge in [-0.15, -0.1) is 0 Å². The van der Waals surface area contributed by atoms with Crippen LogP contribution in [-0.2, 0) is 14.3 Å². The second kappa shape index (κ2) is 7.01. The Kier molecular flexibility index (Phi) is 4.96. The standard InChI is InChI=1S/C16H18F3N3O3/c17-16(18,19)13-9-14(23)20-11-3-1-2-4-12(11)22(13)15(24)10-21-5-7-25-8-6-21/h1-4,13H,5-10H2,(H,20,23)/t13-/m1/s1. The quantitative estimate of drug-likeness (QED) is 0.874. The van der Waals surface area contributed by atoms with Crippen LogP contribution in [0.4, 0.5) is 24.5 Å². The molecule has 2 amide bonds. The van der Waals surface area contributed by atoms with Crippen molar-refractivity contribution < 1.29 is 27.5 Å². The maximum absolute atomic E-state index is 13.6. The average Bonchev–Trinajstić information content (AvgIpc) is 2.71. The largest absolute Gasteiger partial charge is 0.409 e. The molecule has 2 aliphatic heterocycles. The summed E-state index contributed by atoms with van der Waals surface area (Å²) in [6, 6.07) is 3.85. The van der Waals surface area contributed by atoms with Crippen molar-refractivity contribution in [2.75, 3.05) is 43.1 Å². The molecule has 1 aromatic carbocycles. The number of para-hydroxylation sites is 2. The molecule has 1 saturated heterocycles. The van der Waals surface area contributed by atoms with Crippen LogP contribution < -0.4 is 10.2 Å². The Morgan fingerprint density at radius 3 is 2.60 bits per heavy atom. The fourth-order valence-electron chi connectivity index (χ4n) is 3.02. The van der Waals surface area contributed by atoms with Gasteiger partial charge < -0.3 is 10.1 Å². The van der Waals surface area contributed by atoms with Gasteiger partial charge in [0.25, 0.3) is 0 Å². The highest BCUT2D eigenvalue weighted by atomic mass is 19.4. The molecule has 1 fully saturated rings. The lowest BCUT2D eigenvalue weighted by atomic mass is 10.1. The Labute approximate surface area is 142 Å². The summed E-state index contributed by atoms with van der Waals surface area (Å²) >= 11 is 0. The first kappa shape index (κ1) is 17.7. The zero-order valence-electron chi connectivity index (χ0n) is 13.4. The third-order valence-electron chi connectivity index (χ3n) is 4.24. The molecule has 9 heteroatoms.